The van der Waals surface area contributed by atoms with Crippen molar-refractivity contribution < 1.29 is 9.90 Å². The van der Waals surface area contributed by atoms with E-state index in [4.69, 9.17) is 11.6 Å². The van der Waals surface area contributed by atoms with E-state index in [1.807, 2.05) is 4.90 Å². The van der Waals surface area contributed by atoms with Crippen LogP contribution in [0.2, 0.25) is 0 Å². The van der Waals surface area contributed by atoms with Gasteiger partial charge in [-0.1, -0.05) is 0 Å². The van der Waals surface area contributed by atoms with E-state index >= 15 is 0 Å². The second kappa shape index (κ2) is 5.45. The lowest BCUT2D eigenvalue weighted by Crippen LogP contribution is -2.39. The molecule has 0 aromatic carbocycles. The molecular formula is C9H16ClNO2. The third-order valence-electron chi connectivity index (χ3n) is 2.34. The van der Waals surface area contributed by atoms with Gasteiger partial charge in [-0.25, -0.2) is 0 Å². The van der Waals surface area contributed by atoms with E-state index in [0.29, 0.717) is 38.2 Å². The van der Waals surface area contributed by atoms with Crippen molar-refractivity contribution in [3.63, 3.8) is 0 Å². The topological polar surface area (TPSA) is 40.5 Å². The van der Waals surface area contributed by atoms with Crippen LogP contribution in [-0.2, 0) is 4.79 Å². The average Bonchev–Trinajstić information content (AvgIpc) is 2.15. The van der Waals surface area contributed by atoms with E-state index in [0.717, 1.165) is 6.42 Å². The molecule has 0 atom stereocenters. The van der Waals surface area contributed by atoms with Crippen LogP contribution in [0.4, 0.5) is 0 Å². The van der Waals surface area contributed by atoms with Crippen molar-refractivity contribution in [2.24, 2.45) is 0 Å². The predicted molar refractivity (Wildman–Crippen MR) is 51.8 cm³/mol. The number of alkyl halides is 1. The van der Waals surface area contributed by atoms with Gasteiger partial charge in [-0.3, -0.25) is 4.79 Å². The number of amides is 1. The number of hydrogen-bond donors (Lipinski definition) is 1. The van der Waals surface area contributed by atoms with Gasteiger partial charge in [0.25, 0.3) is 0 Å². The standard InChI is InChI=1S/C9H16ClNO2/c10-5-1-2-9(13)11-6-3-8(12)4-7-11/h8,12H,1-7H2. The molecule has 0 aliphatic carbocycles. The molecule has 0 radical (unpaired) electrons. The average molecular weight is 206 g/mol. The molecule has 1 saturated heterocycles. The number of carbonyl (C=O) groups excluding carboxylic acids is 1. The van der Waals surface area contributed by atoms with E-state index in [1.54, 1.807) is 0 Å². The molecule has 0 unspecified atom stereocenters. The molecule has 0 spiro atoms. The fourth-order valence-electron chi connectivity index (χ4n) is 1.49. The van der Waals surface area contributed by atoms with E-state index in [2.05, 4.69) is 0 Å². The molecule has 3 nitrogen and oxygen atoms in total. The SMILES string of the molecule is O=C(CCCCl)N1CCC(O)CC1. The van der Waals surface area contributed by atoms with Crippen LogP contribution in [0.3, 0.4) is 0 Å². The van der Waals surface area contributed by atoms with Gasteiger partial charge >= 0.3 is 0 Å². The van der Waals surface area contributed by atoms with Crippen LogP contribution < -0.4 is 0 Å². The molecule has 0 aromatic heterocycles. The van der Waals surface area contributed by atoms with Crippen LogP contribution in [0.25, 0.3) is 0 Å². The van der Waals surface area contributed by atoms with Gasteiger partial charge in [0.1, 0.15) is 0 Å². The number of carbonyl (C=O) groups is 1. The summed E-state index contributed by atoms with van der Waals surface area (Å²) in [5.74, 6) is 0.718. The normalized spacial score (nSPS) is 19.1. The number of aliphatic hydroxyl groups is 1. The van der Waals surface area contributed by atoms with Crippen LogP contribution >= 0.6 is 11.6 Å². The first kappa shape index (κ1) is 10.8. The Bertz CT molecular complexity index is 167. The van der Waals surface area contributed by atoms with E-state index in [9.17, 15) is 9.90 Å². The Morgan fingerprint density at radius 3 is 2.62 bits per heavy atom. The number of halogens is 1. The molecule has 0 saturated carbocycles. The number of rotatable bonds is 3. The van der Waals surface area contributed by atoms with E-state index < -0.39 is 0 Å². The first-order valence-corrected chi connectivity index (χ1v) is 5.29. The van der Waals surface area contributed by atoms with E-state index in [-0.39, 0.29) is 12.0 Å². The second-order valence-corrected chi connectivity index (χ2v) is 3.78. The summed E-state index contributed by atoms with van der Waals surface area (Å²) in [6.45, 7) is 1.39. The summed E-state index contributed by atoms with van der Waals surface area (Å²) in [6.07, 6.45) is 2.51. The van der Waals surface area contributed by atoms with Crippen molar-refractivity contribution >= 4 is 17.5 Å². The third kappa shape index (κ3) is 3.53. The predicted octanol–water partition coefficient (Wildman–Crippen LogP) is 0.989. The molecule has 1 heterocycles. The number of nitrogens with zero attached hydrogens (tertiary/aromatic N) is 1. The highest BCUT2D eigenvalue weighted by Crippen LogP contribution is 2.11. The van der Waals surface area contributed by atoms with Crippen LogP contribution in [0.15, 0.2) is 0 Å². The van der Waals surface area contributed by atoms with Crippen molar-refractivity contribution in [1.29, 1.82) is 0 Å². The monoisotopic (exact) mass is 205 g/mol. The molecule has 0 aromatic rings. The van der Waals surface area contributed by atoms with E-state index in [1.165, 1.54) is 0 Å². The molecule has 13 heavy (non-hydrogen) atoms. The highest BCUT2D eigenvalue weighted by molar-refractivity contribution is 6.17. The minimum atomic E-state index is -0.211. The van der Waals surface area contributed by atoms with Gasteiger partial charge in [0, 0.05) is 25.4 Å². The summed E-state index contributed by atoms with van der Waals surface area (Å²) in [5, 5.41) is 9.23. The quantitative estimate of drug-likeness (QED) is 0.699. The summed E-state index contributed by atoms with van der Waals surface area (Å²) in [7, 11) is 0. The van der Waals surface area contributed by atoms with Gasteiger partial charge in [-0.15, -0.1) is 11.6 Å². The number of aliphatic hydroxyl groups excluding tert-OH is 1. The summed E-state index contributed by atoms with van der Waals surface area (Å²) < 4.78 is 0. The number of hydrogen-bond acceptors (Lipinski definition) is 2. The molecule has 1 N–H and O–H groups in total. The van der Waals surface area contributed by atoms with Gasteiger partial charge < -0.3 is 10.0 Å². The maximum Gasteiger partial charge on any atom is 0.222 e. The van der Waals surface area contributed by atoms with Gasteiger partial charge in [-0.05, 0) is 19.3 Å². The first-order chi connectivity index (χ1) is 6.24. The lowest BCUT2D eigenvalue weighted by molar-refractivity contribution is -0.133. The lowest BCUT2D eigenvalue weighted by atomic mass is 10.1. The maximum atomic E-state index is 11.4. The Morgan fingerprint density at radius 1 is 1.46 bits per heavy atom. The molecule has 1 aliphatic heterocycles. The van der Waals surface area contributed by atoms with Crippen LogP contribution in [0.5, 0.6) is 0 Å². The Balaban J connectivity index is 2.23. The zero-order valence-corrected chi connectivity index (χ0v) is 8.46. The van der Waals surface area contributed by atoms with Gasteiger partial charge in [-0.2, -0.15) is 0 Å². The smallest absolute Gasteiger partial charge is 0.222 e. The zero-order chi connectivity index (χ0) is 9.68. The van der Waals surface area contributed by atoms with Gasteiger partial charge in [0.2, 0.25) is 5.91 Å². The Labute approximate surface area is 83.7 Å². The fraction of sp³-hybridized carbons (Fsp3) is 0.889. The Kier molecular flexibility index (Phi) is 4.53. The largest absolute Gasteiger partial charge is 0.393 e. The lowest BCUT2D eigenvalue weighted by Gasteiger charge is -2.29. The van der Waals surface area contributed by atoms with Crippen LogP contribution in [-0.4, -0.2) is 41.0 Å². The van der Waals surface area contributed by atoms with Crippen molar-refractivity contribution in [2.45, 2.75) is 31.8 Å². The highest BCUT2D eigenvalue weighted by Gasteiger charge is 2.20. The van der Waals surface area contributed by atoms with Gasteiger partial charge in [0.15, 0.2) is 0 Å². The van der Waals surface area contributed by atoms with Crippen molar-refractivity contribution in [2.75, 3.05) is 19.0 Å². The fourth-order valence-corrected chi connectivity index (χ4v) is 1.63. The summed E-state index contributed by atoms with van der Waals surface area (Å²) in [5.41, 5.74) is 0. The minimum Gasteiger partial charge on any atom is -0.393 e. The molecular weight excluding hydrogens is 190 g/mol. The molecule has 4 heteroatoms. The molecule has 0 bridgehead atoms. The summed E-state index contributed by atoms with van der Waals surface area (Å²) in [4.78, 5) is 13.3. The molecule has 1 aliphatic rings. The minimum absolute atomic E-state index is 0.174. The van der Waals surface area contributed by atoms with Crippen LogP contribution in [0.1, 0.15) is 25.7 Å². The first-order valence-electron chi connectivity index (χ1n) is 4.76. The number of piperidine rings is 1. The third-order valence-corrected chi connectivity index (χ3v) is 2.61. The molecule has 1 amide bonds. The Hall–Kier alpha value is -0.280. The number of likely N-dealkylation sites (tertiary alicyclic amines) is 1. The van der Waals surface area contributed by atoms with Crippen molar-refractivity contribution in [3.8, 4) is 0 Å². The van der Waals surface area contributed by atoms with Crippen molar-refractivity contribution in [3.05, 3.63) is 0 Å². The maximum absolute atomic E-state index is 11.4. The second-order valence-electron chi connectivity index (χ2n) is 3.40. The highest BCUT2D eigenvalue weighted by atomic mass is 35.5. The Morgan fingerprint density at radius 2 is 2.08 bits per heavy atom. The van der Waals surface area contributed by atoms with Gasteiger partial charge in [0.05, 0.1) is 6.10 Å². The summed E-state index contributed by atoms with van der Waals surface area (Å²) >= 11 is 5.50. The zero-order valence-electron chi connectivity index (χ0n) is 7.71. The molecule has 1 fully saturated rings. The molecule has 76 valence electrons. The van der Waals surface area contributed by atoms with Crippen LogP contribution in [0, 0.1) is 0 Å². The molecule has 1 rings (SSSR count). The summed E-state index contributed by atoms with van der Waals surface area (Å²) in [6, 6.07) is 0. The van der Waals surface area contributed by atoms with Crippen molar-refractivity contribution in [1.82, 2.24) is 4.90 Å².